The van der Waals surface area contributed by atoms with Crippen molar-refractivity contribution >= 4 is 29.2 Å². The molecule has 0 bridgehead atoms. The predicted molar refractivity (Wildman–Crippen MR) is 67.3 cm³/mol. The van der Waals surface area contributed by atoms with Gasteiger partial charge >= 0.3 is 6.01 Å². The van der Waals surface area contributed by atoms with Gasteiger partial charge in [0.25, 0.3) is 11.6 Å². The third-order valence-electron chi connectivity index (χ3n) is 2.24. The molecule has 1 heterocycles. The van der Waals surface area contributed by atoms with E-state index in [1.54, 1.807) is 6.92 Å². The van der Waals surface area contributed by atoms with Crippen molar-refractivity contribution in [1.29, 1.82) is 0 Å². The number of hydrogen-bond acceptors (Lipinski definition) is 5. The quantitative estimate of drug-likeness (QED) is 0.689. The number of benzene rings is 1. The van der Waals surface area contributed by atoms with Crippen LogP contribution in [0, 0.1) is 17.0 Å². The van der Waals surface area contributed by atoms with Crippen molar-refractivity contribution in [2.24, 2.45) is 0 Å². The Balaban J connectivity index is 2.27. The summed E-state index contributed by atoms with van der Waals surface area (Å²) in [6, 6.07) is 3.60. The maximum Gasteiger partial charge on any atom is 0.301 e. The molecule has 0 fully saturated rings. The van der Waals surface area contributed by atoms with E-state index in [0.29, 0.717) is 5.69 Å². The van der Waals surface area contributed by atoms with E-state index in [1.165, 1.54) is 18.4 Å². The van der Waals surface area contributed by atoms with Crippen LogP contribution in [-0.2, 0) is 0 Å². The van der Waals surface area contributed by atoms with Crippen LogP contribution in [0.15, 0.2) is 28.9 Å². The fraction of sp³-hybridized carbons (Fsp3) is 0.0909. The summed E-state index contributed by atoms with van der Waals surface area (Å²) in [4.78, 5) is 25.8. The number of non-ortho nitro benzene ring substituents is 1. The molecule has 0 unspecified atom stereocenters. The lowest BCUT2D eigenvalue weighted by Gasteiger charge is -2.03. The molecule has 2 aromatic rings. The number of nitrogens with zero attached hydrogens (tertiary/aromatic N) is 2. The third kappa shape index (κ3) is 2.89. The van der Waals surface area contributed by atoms with Gasteiger partial charge in [-0.15, -0.1) is 0 Å². The first-order valence-electron chi connectivity index (χ1n) is 5.15. The molecule has 19 heavy (non-hydrogen) atoms. The van der Waals surface area contributed by atoms with Crippen LogP contribution in [0.1, 0.15) is 16.1 Å². The summed E-state index contributed by atoms with van der Waals surface area (Å²) >= 11 is 5.83. The molecule has 0 radical (unpaired) electrons. The van der Waals surface area contributed by atoms with Gasteiger partial charge in [-0.25, -0.2) is 0 Å². The summed E-state index contributed by atoms with van der Waals surface area (Å²) < 4.78 is 4.95. The van der Waals surface area contributed by atoms with Gasteiger partial charge < -0.3 is 4.42 Å². The van der Waals surface area contributed by atoms with Crippen molar-refractivity contribution in [1.82, 2.24) is 4.98 Å². The van der Waals surface area contributed by atoms with E-state index < -0.39 is 10.8 Å². The summed E-state index contributed by atoms with van der Waals surface area (Å²) in [6.07, 6.45) is 1.37. The van der Waals surface area contributed by atoms with E-state index in [1.807, 2.05) is 0 Å². The normalized spacial score (nSPS) is 10.2. The van der Waals surface area contributed by atoms with Crippen LogP contribution in [0.3, 0.4) is 0 Å². The van der Waals surface area contributed by atoms with Crippen LogP contribution >= 0.6 is 11.6 Å². The number of aromatic nitrogens is 1. The molecule has 0 aliphatic rings. The Kier molecular flexibility index (Phi) is 3.48. The van der Waals surface area contributed by atoms with Crippen molar-refractivity contribution in [3.8, 4) is 0 Å². The molecular formula is C11H8ClN3O4. The number of nitrogens with one attached hydrogen (secondary N) is 1. The highest BCUT2D eigenvalue weighted by molar-refractivity contribution is 6.34. The molecule has 0 spiro atoms. The number of nitro groups is 1. The number of carbonyl (C=O) groups is 1. The van der Waals surface area contributed by atoms with Crippen LogP contribution in [0.5, 0.6) is 0 Å². The molecule has 1 aromatic carbocycles. The monoisotopic (exact) mass is 281 g/mol. The Hall–Kier alpha value is -2.41. The molecular weight excluding hydrogens is 274 g/mol. The molecule has 0 atom stereocenters. The summed E-state index contributed by atoms with van der Waals surface area (Å²) in [5.41, 5.74) is 0.352. The van der Waals surface area contributed by atoms with Gasteiger partial charge in [0.05, 0.1) is 21.2 Å². The largest absolute Gasteiger partial charge is 0.432 e. The number of anilines is 1. The van der Waals surface area contributed by atoms with Crippen LogP contribution in [-0.4, -0.2) is 15.8 Å². The van der Waals surface area contributed by atoms with Crippen LogP contribution in [0.2, 0.25) is 5.02 Å². The highest BCUT2D eigenvalue weighted by Gasteiger charge is 2.17. The van der Waals surface area contributed by atoms with Gasteiger partial charge in [-0.1, -0.05) is 11.6 Å². The Morgan fingerprint density at radius 3 is 2.84 bits per heavy atom. The van der Waals surface area contributed by atoms with E-state index >= 15 is 0 Å². The number of carbonyl (C=O) groups excluding carboxylic acids is 1. The van der Waals surface area contributed by atoms with Crippen molar-refractivity contribution in [3.63, 3.8) is 0 Å². The first kappa shape index (κ1) is 13.0. The van der Waals surface area contributed by atoms with Gasteiger partial charge in [0.15, 0.2) is 0 Å². The minimum absolute atomic E-state index is 0.00470. The number of aryl methyl sites for hydroxylation is 1. The van der Waals surface area contributed by atoms with E-state index in [-0.39, 0.29) is 22.3 Å². The average molecular weight is 282 g/mol. The standard InChI is InChI=1S/C11H8ClN3O4/c1-6-5-19-11(13-6)14-10(16)8-4-7(15(17)18)2-3-9(8)12/h2-5H,1H3,(H,13,14,16). The topological polar surface area (TPSA) is 98.3 Å². The molecule has 0 aliphatic carbocycles. The molecule has 2 rings (SSSR count). The van der Waals surface area contributed by atoms with E-state index in [2.05, 4.69) is 10.3 Å². The van der Waals surface area contributed by atoms with Gasteiger partial charge in [-0.2, -0.15) is 4.98 Å². The number of oxazole rings is 1. The molecule has 8 heteroatoms. The molecule has 0 saturated carbocycles. The zero-order valence-electron chi connectivity index (χ0n) is 9.71. The van der Waals surface area contributed by atoms with Gasteiger partial charge in [-0.3, -0.25) is 20.2 Å². The van der Waals surface area contributed by atoms with Crippen LogP contribution in [0.4, 0.5) is 11.7 Å². The van der Waals surface area contributed by atoms with Crippen molar-refractivity contribution < 1.29 is 14.1 Å². The van der Waals surface area contributed by atoms with E-state index in [0.717, 1.165) is 6.07 Å². The van der Waals surface area contributed by atoms with Crippen molar-refractivity contribution in [2.45, 2.75) is 6.92 Å². The molecule has 1 aromatic heterocycles. The number of nitro benzene ring substituents is 1. The van der Waals surface area contributed by atoms with E-state index in [9.17, 15) is 14.9 Å². The van der Waals surface area contributed by atoms with Gasteiger partial charge in [-0.05, 0) is 13.0 Å². The predicted octanol–water partition coefficient (Wildman–Crippen LogP) is 2.80. The number of halogens is 1. The van der Waals surface area contributed by atoms with Gasteiger partial charge in [0, 0.05) is 12.1 Å². The van der Waals surface area contributed by atoms with Crippen molar-refractivity contribution in [2.75, 3.05) is 5.32 Å². The Bertz CT molecular complexity index is 653. The average Bonchev–Trinajstić information content (AvgIpc) is 2.74. The zero-order chi connectivity index (χ0) is 14.0. The zero-order valence-corrected chi connectivity index (χ0v) is 10.5. The molecule has 0 aliphatic heterocycles. The molecule has 7 nitrogen and oxygen atoms in total. The summed E-state index contributed by atoms with van der Waals surface area (Å²) in [5.74, 6) is -0.629. The van der Waals surface area contributed by atoms with Crippen molar-refractivity contribution in [3.05, 3.63) is 50.9 Å². The molecule has 0 saturated heterocycles. The molecule has 1 N–H and O–H groups in total. The minimum Gasteiger partial charge on any atom is -0.432 e. The first-order valence-corrected chi connectivity index (χ1v) is 5.52. The maximum absolute atomic E-state index is 11.9. The number of rotatable bonds is 3. The molecule has 1 amide bonds. The molecule has 98 valence electrons. The van der Waals surface area contributed by atoms with E-state index in [4.69, 9.17) is 16.0 Å². The van der Waals surface area contributed by atoms with Gasteiger partial charge in [0.1, 0.15) is 6.26 Å². The second-order valence-corrected chi connectivity index (χ2v) is 4.08. The summed E-state index contributed by atoms with van der Waals surface area (Å²) in [5, 5.41) is 13.1. The minimum atomic E-state index is -0.629. The highest BCUT2D eigenvalue weighted by Crippen LogP contribution is 2.23. The summed E-state index contributed by atoms with van der Waals surface area (Å²) in [7, 11) is 0. The lowest BCUT2D eigenvalue weighted by molar-refractivity contribution is -0.384. The SMILES string of the molecule is Cc1coc(NC(=O)c2cc([N+](=O)[O-])ccc2Cl)n1. The number of amides is 1. The Morgan fingerprint density at radius 2 is 2.26 bits per heavy atom. The fourth-order valence-corrected chi connectivity index (χ4v) is 1.58. The van der Waals surface area contributed by atoms with Gasteiger partial charge in [0.2, 0.25) is 0 Å². The highest BCUT2D eigenvalue weighted by atomic mass is 35.5. The lowest BCUT2D eigenvalue weighted by atomic mass is 10.2. The Labute approximate surface area is 112 Å². The third-order valence-corrected chi connectivity index (χ3v) is 2.57. The van der Waals surface area contributed by atoms with Crippen LogP contribution < -0.4 is 5.32 Å². The lowest BCUT2D eigenvalue weighted by Crippen LogP contribution is -2.13. The second-order valence-electron chi connectivity index (χ2n) is 3.67. The first-order chi connectivity index (χ1) is 8.97. The summed E-state index contributed by atoms with van der Waals surface area (Å²) in [6.45, 7) is 1.69. The second kappa shape index (κ2) is 5.07. The maximum atomic E-state index is 11.9. The fourth-order valence-electron chi connectivity index (χ4n) is 1.38. The smallest absolute Gasteiger partial charge is 0.301 e. The van der Waals surface area contributed by atoms with Crippen LogP contribution in [0.25, 0.3) is 0 Å². The Morgan fingerprint density at radius 1 is 1.53 bits per heavy atom. The number of hydrogen-bond donors (Lipinski definition) is 1.